The fourth-order valence-corrected chi connectivity index (χ4v) is 4.08. The standard InChI is InChI=1S/C22H14Br2ClNO/c23-20-11-16(10-18(13-26)17-4-2-1-3-5-17)12-21(24)22(20)27-14-15-6-8-19(25)9-7-15/h1-12H,14H2/b18-10+. The van der Waals surface area contributed by atoms with Gasteiger partial charge in [-0.15, -0.1) is 0 Å². The molecule has 5 heteroatoms. The Morgan fingerprint density at radius 2 is 1.63 bits per heavy atom. The topological polar surface area (TPSA) is 33.0 Å². The molecule has 0 saturated heterocycles. The minimum atomic E-state index is 0.428. The highest BCUT2D eigenvalue weighted by Crippen LogP contribution is 2.36. The van der Waals surface area contributed by atoms with E-state index < -0.39 is 0 Å². The number of ether oxygens (including phenoxy) is 1. The molecule has 0 bridgehead atoms. The van der Waals surface area contributed by atoms with E-state index in [0.29, 0.717) is 23.0 Å². The van der Waals surface area contributed by atoms with E-state index in [9.17, 15) is 5.26 Å². The van der Waals surface area contributed by atoms with Gasteiger partial charge in [0, 0.05) is 5.02 Å². The minimum absolute atomic E-state index is 0.428. The van der Waals surface area contributed by atoms with Crippen LogP contribution >= 0.6 is 43.5 Å². The highest BCUT2D eigenvalue weighted by molar-refractivity contribution is 9.11. The molecule has 0 unspecified atom stereocenters. The molecule has 0 aliphatic heterocycles. The van der Waals surface area contributed by atoms with Gasteiger partial charge in [0.05, 0.1) is 20.6 Å². The molecule has 0 radical (unpaired) electrons. The molecule has 0 aliphatic carbocycles. The van der Waals surface area contributed by atoms with E-state index in [1.807, 2.05) is 72.8 Å². The van der Waals surface area contributed by atoms with Crippen molar-refractivity contribution in [3.05, 3.63) is 97.4 Å². The van der Waals surface area contributed by atoms with Gasteiger partial charge >= 0.3 is 0 Å². The van der Waals surface area contributed by atoms with Gasteiger partial charge < -0.3 is 4.74 Å². The zero-order valence-corrected chi connectivity index (χ0v) is 18.1. The zero-order valence-electron chi connectivity index (χ0n) is 14.1. The predicted octanol–water partition coefficient (Wildman–Crippen LogP) is 7.51. The number of rotatable bonds is 5. The van der Waals surface area contributed by atoms with Crippen molar-refractivity contribution >= 4 is 55.1 Å². The number of nitrogens with zero attached hydrogens (tertiary/aromatic N) is 1. The molecule has 3 aromatic rings. The number of nitriles is 1. The Hall–Kier alpha value is -2.06. The van der Waals surface area contributed by atoms with Crippen molar-refractivity contribution in [2.75, 3.05) is 0 Å². The van der Waals surface area contributed by atoms with Crippen molar-refractivity contribution in [2.24, 2.45) is 0 Å². The molecule has 27 heavy (non-hydrogen) atoms. The van der Waals surface area contributed by atoms with Crippen molar-refractivity contribution in [3.8, 4) is 11.8 Å². The number of benzene rings is 3. The Morgan fingerprint density at radius 3 is 2.22 bits per heavy atom. The molecule has 0 atom stereocenters. The lowest BCUT2D eigenvalue weighted by Gasteiger charge is -2.12. The average molecular weight is 504 g/mol. The highest BCUT2D eigenvalue weighted by atomic mass is 79.9. The van der Waals surface area contributed by atoms with Crippen LogP contribution in [0.15, 0.2) is 75.7 Å². The Bertz CT molecular complexity index is 986. The molecule has 0 amide bonds. The second-order valence-electron chi connectivity index (χ2n) is 5.76. The van der Waals surface area contributed by atoms with Gasteiger partial charge in [-0.3, -0.25) is 0 Å². The van der Waals surface area contributed by atoms with Crippen molar-refractivity contribution in [2.45, 2.75) is 6.61 Å². The maximum Gasteiger partial charge on any atom is 0.148 e. The SMILES string of the molecule is N#C/C(=C\c1cc(Br)c(OCc2ccc(Cl)cc2)c(Br)c1)c1ccccc1. The van der Waals surface area contributed by atoms with Gasteiger partial charge in [-0.2, -0.15) is 5.26 Å². The summed E-state index contributed by atoms with van der Waals surface area (Å²) in [6.07, 6.45) is 1.85. The molecule has 3 rings (SSSR count). The smallest absolute Gasteiger partial charge is 0.148 e. The van der Waals surface area contributed by atoms with Crippen molar-refractivity contribution < 1.29 is 4.74 Å². The summed E-state index contributed by atoms with van der Waals surface area (Å²) in [5.74, 6) is 0.709. The number of allylic oxidation sites excluding steroid dienone is 1. The molecule has 0 saturated carbocycles. The van der Waals surface area contributed by atoms with Crippen LogP contribution in [0.3, 0.4) is 0 Å². The van der Waals surface area contributed by atoms with Crippen LogP contribution in [0.5, 0.6) is 5.75 Å². The summed E-state index contributed by atoms with van der Waals surface area (Å²) in [7, 11) is 0. The van der Waals surface area contributed by atoms with Crippen LogP contribution in [0.25, 0.3) is 11.6 Å². The lowest BCUT2D eigenvalue weighted by atomic mass is 10.0. The summed E-state index contributed by atoms with van der Waals surface area (Å²) in [6, 6.07) is 23.3. The Balaban J connectivity index is 1.83. The maximum absolute atomic E-state index is 9.49. The second-order valence-corrected chi connectivity index (χ2v) is 7.91. The number of hydrogen-bond donors (Lipinski definition) is 0. The van der Waals surface area contributed by atoms with Crippen LogP contribution in [-0.2, 0) is 6.61 Å². The first-order valence-corrected chi connectivity index (χ1v) is 10.1. The largest absolute Gasteiger partial charge is 0.487 e. The van der Waals surface area contributed by atoms with E-state index in [-0.39, 0.29) is 0 Å². The summed E-state index contributed by atoms with van der Waals surface area (Å²) < 4.78 is 7.56. The Kier molecular flexibility index (Phi) is 6.73. The van der Waals surface area contributed by atoms with Gasteiger partial charge in [-0.1, -0.05) is 54.1 Å². The molecular formula is C22H14Br2ClNO. The molecular weight excluding hydrogens is 490 g/mol. The van der Waals surface area contributed by atoms with E-state index >= 15 is 0 Å². The summed E-state index contributed by atoms with van der Waals surface area (Å²) in [5, 5.41) is 10.2. The van der Waals surface area contributed by atoms with E-state index in [4.69, 9.17) is 16.3 Å². The molecule has 134 valence electrons. The third kappa shape index (κ3) is 5.23. The highest BCUT2D eigenvalue weighted by Gasteiger charge is 2.10. The van der Waals surface area contributed by atoms with Gasteiger partial charge in [0.25, 0.3) is 0 Å². The Labute approximate surface area is 180 Å². The van der Waals surface area contributed by atoms with Gasteiger partial charge in [-0.05, 0) is 78.9 Å². The third-order valence-electron chi connectivity index (χ3n) is 3.83. The second kappa shape index (κ2) is 9.23. The van der Waals surface area contributed by atoms with Gasteiger partial charge in [-0.25, -0.2) is 0 Å². The third-order valence-corrected chi connectivity index (χ3v) is 5.26. The maximum atomic E-state index is 9.49. The summed E-state index contributed by atoms with van der Waals surface area (Å²) in [4.78, 5) is 0. The molecule has 2 nitrogen and oxygen atoms in total. The minimum Gasteiger partial charge on any atom is -0.487 e. The zero-order chi connectivity index (χ0) is 19.2. The first kappa shape index (κ1) is 19.7. The Morgan fingerprint density at radius 1 is 1.00 bits per heavy atom. The fourth-order valence-electron chi connectivity index (χ4n) is 2.50. The quantitative estimate of drug-likeness (QED) is 0.267. The number of hydrogen-bond acceptors (Lipinski definition) is 2. The van der Waals surface area contributed by atoms with Crippen molar-refractivity contribution in [3.63, 3.8) is 0 Å². The van der Waals surface area contributed by atoms with E-state index in [1.54, 1.807) is 0 Å². The lowest BCUT2D eigenvalue weighted by Crippen LogP contribution is -1.97. The first-order chi connectivity index (χ1) is 13.1. The number of halogens is 3. The molecule has 0 aromatic heterocycles. The molecule has 0 heterocycles. The summed E-state index contributed by atoms with van der Waals surface area (Å²) >= 11 is 13.0. The molecule has 0 fully saturated rings. The van der Waals surface area contributed by atoms with Crippen LogP contribution in [-0.4, -0.2) is 0 Å². The van der Waals surface area contributed by atoms with Crippen molar-refractivity contribution in [1.29, 1.82) is 5.26 Å². The lowest BCUT2D eigenvalue weighted by molar-refractivity contribution is 0.302. The van der Waals surface area contributed by atoms with Crippen molar-refractivity contribution in [1.82, 2.24) is 0 Å². The first-order valence-electron chi connectivity index (χ1n) is 8.10. The summed E-state index contributed by atoms with van der Waals surface area (Å²) in [5.41, 5.74) is 3.41. The molecule has 3 aromatic carbocycles. The van der Waals surface area contributed by atoms with Crippen LogP contribution in [0.2, 0.25) is 5.02 Å². The molecule has 0 N–H and O–H groups in total. The van der Waals surface area contributed by atoms with E-state index in [1.165, 1.54) is 0 Å². The van der Waals surface area contributed by atoms with Crippen LogP contribution in [0, 0.1) is 11.3 Å². The monoisotopic (exact) mass is 501 g/mol. The fraction of sp³-hybridized carbons (Fsp3) is 0.0455. The van der Waals surface area contributed by atoms with E-state index in [0.717, 1.165) is 25.6 Å². The van der Waals surface area contributed by atoms with Crippen LogP contribution in [0.1, 0.15) is 16.7 Å². The van der Waals surface area contributed by atoms with Crippen LogP contribution < -0.4 is 4.74 Å². The predicted molar refractivity (Wildman–Crippen MR) is 118 cm³/mol. The van der Waals surface area contributed by atoms with Gasteiger partial charge in [0.15, 0.2) is 0 Å². The van der Waals surface area contributed by atoms with Crippen LogP contribution in [0.4, 0.5) is 0 Å². The summed E-state index contributed by atoms with van der Waals surface area (Å²) in [6.45, 7) is 0.428. The van der Waals surface area contributed by atoms with Gasteiger partial charge in [0.2, 0.25) is 0 Å². The molecule has 0 aliphatic rings. The normalized spacial score (nSPS) is 11.1. The van der Waals surface area contributed by atoms with Gasteiger partial charge in [0.1, 0.15) is 12.4 Å². The average Bonchev–Trinajstić information content (AvgIpc) is 2.67. The molecule has 0 spiro atoms. The van der Waals surface area contributed by atoms with E-state index in [2.05, 4.69) is 37.9 Å².